The minimum Gasteiger partial charge on any atom is -0.507 e. The van der Waals surface area contributed by atoms with Gasteiger partial charge in [-0.3, -0.25) is 4.79 Å². The van der Waals surface area contributed by atoms with Gasteiger partial charge in [0.1, 0.15) is 47.0 Å². The highest BCUT2D eigenvalue weighted by Crippen LogP contribution is 2.42. The molecular weight excluding hydrogens is 420 g/mol. The Hall–Kier alpha value is -3.67. The summed E-state index contributed by atoms with van der Waals surface area (Å²) >= 11 is 0. The second kappa shape index (κ2) is 9.86. The van der Waals surface area contributed by atoms with E-state index in [1.54, 1.807) is 13.2 Å². The van der Waals surface area contributed by atoms with Crippen molar-refractivity contribution in [3.63, 3.8) is 0 Å². The van der Waals surface area contributed by atoms with Crippen LogP contribution in [0.25, 0.3) is 0 Å². The van der Waals surface area contributed by atoms with Crippen molar-refractivity contribution in [2.24, 2.45) is 5.92 Å². The van der Waals surface area contributed by atoms with Crippen molar-refractivity contribution >= 4 is 5.78 Å². The standard InChI is InChI=1S/C27H28O6/c1-17(2)15-31-21-10-6-19(7-11-21)25-14-24(29)27-23(28)12-22(13-26(27)33-25)32-16-18-4-8-20(30-3)9-5-18/h4-13,17,25,28H,14-16H2,1-3H3. The topological polar surface area (TPSA) is 74.2 Å². The summed E-state index contributed by atoms with van der Waals surface area (Å²) in [6, 6.07) is 18.2. The van der Waals surface area contributed by atoms with Crippen LogP contribution in [0.3, 0.4) is 0 Å². The molecule has 4 rings (SSSR count). The Kier molecular flexibility index (Phi) is 6.73. The number of carbonyl (C=O) groups excluding carboxylic acids is 1. The van der Waals surface area contributed by atoms with E-state index < -0.39 is 6.10 Å². The SMILES string of the molecule is COc1ccc(COc2cc(O)c3c(c2)OC(c2ccc(OCC(C)C)cc2)CC3=O)cc1. The molecule has 0 spiro atoms. The molecule has 1 aliphatic heterocycles. The molecule has 0 saturated heterocycles. The molecule has 0 aliphatic carbocycles. The summed E-state index contributed by atoms with van der Waals surface area (Å²) in [5, 5.41) is 10.5. The van der Waals surface area contributed by atoms with Crippen molar-refractivity contribution in [1.82, 2.24) is 0 Å². The fourth-order valence-corrected chi connectivity index (χ4v) is 3.61. The summed E-state index contributed by atoms with van der Waals surface area (Å²) in [6.45, 7) is 5.14. The normalized spacial score (nSPS) is 15.0. The van der Waals surface area contributed by atoms with Gasteiger partial charge in [-0.15, -0.1) is 0 Å². The van der Waals surface area contributed by atoms with Gasteiger partial charge in [0.25, 0.3) is 0 Å². The summed E-state index contributed by atoms with van der Waals surface area (Å²) in [7, 11) is 1.62. The third-order valence-corrected chi connectivity index (χ3v) is 5.37. The molecule has 3 aromatic carbocycles. The first-order chi connectivity index (χ1) is 15.9. The quantitative estimate of drug-likeness (QED) is 0.475. The molecule has 172 valence electrons. The first-order valence-corrected chi connectivity index (χ1v) is 11.0. The number of methoxy groups -OCH3 is 1. The Labute approximate surface area is 193 Å². The smallest absolute Gasteiger partial charge is 0.174 e. The van der Waals surface area contributed by atoms with Gasteiger partial charge in [-0.2, -0.15) is 0 Å². The molecule has 1 heterocycles. The van der Waals surface area contributed by atoms with Gasteiger partial charge in [-0.05, 0) is 41.3 Å². The number of phenols is 1. The van der Waals surface area contributed by atoms with Crippen LogP contribution in [0, 0.1) is 5.92 Å². The zero-order valence-corrected chi connectivity index (χ0v) is 19.0. The van der Waals surface area contributed by atoms with Crippen molar-refractivity contribution < 1.29 is 28.8 Å². The Balaban J connectivity index is 1.48. The third kappa shape index (κ3) is 5.40. The average Bonchev–Trinajstić information content (AvgIpc) is 2.81. The number of ether oxygens (including phenoxy) is 4. The van der Waals surface area contributed by atoms with Crippen LogP contribution in [0.15, 0.2) is 60.7 Å². The number of ketones is 1. The maximum absolute atomic E-state index is 12.8. The van der Waals surface area contributed by atoms with Crippen molar-refractivity contribution in [3.8, 4) is 28.7 Å². The second-order valence-corrected chi connectivity index (χ2v) is 8.46. The lowest BCUT2D eigenvalue weighted by molar-refractivity contribution is 0.0844. The van der Waals surface area contributed by atoms with Crippen molar-refractivity contribution in [2.75, 3.05) is 13.7 Å². The van der Waals surface area contributed by atoms with Crippen LogP contribution in [-0.4, -0.2) is 24.6 Å². The van der Waals surface area contributed by atoms with Crippen LogP contribution in [0.1, 0.15) is 47.9 Å². The Morgan fingerprint density at radius 2 is 1.67 bits per heavy atom. The number of phenolic OH excluding ortho intramolecular Hbond substituents is 1. The number of Topliss-reactive ketones (excluding diaryl/α,β-unsaturated/α-hetero) is 1. The monoisotopic (exact) mass is 448 g/mol. The number of hydrogen-bond acceptors (Lipinski definition) is 6. The van der Waals surface area contributed by atoms with E-state index in [-0.39, 0.29) is 23.5 Å². The van der Waals surface area contributed by atoms with Gasteiger partial charge in [0, 0.05) is 12.1 Å². The van der Waals surface area contributed by atoms with E-state index in [0.717, 1.165) is 22.6 Å². The number of rotatable bonds is 8. The minimum atomic E-state index is -0.444. The lowest BCUT2D eigenvalue weighted by Crippen LogP contribution is -2.20. The Morgan fingerprint density at radius 1 is 0.970 bits per heavy atom. The lowest BCUT2D eigenvalue weighted by atomic mass is 9.95. The highest BCUT2D eigenvalue weighted by molar-refractivity contribution is 6.02. The Morgan fingerprint density at radius 3 is 2.33 bits per heavy atom. The zero-order valence-electron chi connectivity index (χ0n) is 19.0. The molecule has 3 aromatic rings. The van der Waals surface area contributed by atoms with Gasteiger partial charge in [-0.25, -0.2) is 0 Å². The second-order valence-electron chi connectivity index (χ2n) is 8.46. The zero-order chi connectivity index (χ0) is 23.4. The first kappa shape index (κ1) is 22.5. The van der Waals surface area contributed by atoms with Crippen molar-refractivity contribution in [2.45, 2.75) is 33.0 Å². The number of hydrogen-bond donors (Lipinski definition) is 1. The van der Waals surface area contributed by atoms with E-state index in [4.69, 9.17) is 18.9 Å². The fourth-order valence-electron chi connectivity index (χ4n) is 3.61. The predicted molar refractivity (Wildman–Crippen MR) is 125 cm³/mol. The first-order valence-electron chi connectivity index (χ1n) is 11.0. The number of carbonyl (C=O) groups is 1. The van der Waals surface area contributed by atoms with Crippen LogP contribution < -0.4 is 18.9 Å². The molecule has 1 unspecified atom stereocenters. The van der Waals surface area contributed by atoms with Crippen LogP contribution in [0.4, 0.5) is 0 Å². The van der Waals surface area contributed by atoms with E-state index in [0.29, 0.717) is 30.6 Å². The van der Waals surface area contributed by atoms with Gasteiger partial charge in [0.05, 0.1) is 20.1 Å². The molecule has 0 bridgehead atoms. The minimum absolute atomic E-state index is 0.141. The van der Waals surface area contributed by atoms with Gasteiger partial charge >= 0.3 is 0 Å². The van der Waals surface area contributed by atoms with Gasteiger partial charge < -0.3 is 24.1 Å². The van der Waals surface area contributed by atoms with Gasteiger partial charge in [-0.1, -0.05) is 38.1 Å². The summed E-state index contributed by atoms with van der Waals surface area (Å²) < 4.78 is 22.8. The van der Waals surface area contributed by atoms with Crippen LogP contribution in [0.5, 0.6) is 28.7 Å². The number of fused-ring (bicyclic) bond motifs is 1. The van der Waals surface area contributed by atoms with E-state index in [2.05, 4.69) is 13.8 Å². The fraction of sp³-hybridized carbons (Fsp3) is 0.296. The molecule has 1 atom stereocenters. The molecule has 1 aliphatic rings. The lowest BCUT2D eigenvalue weighted by Gasteiger charge is -2.26. The van der Waals surface area contributed by atoms with Crippen LogP contribution in [0.2, 0.25) is 0 Å². The number of aromatic hydroxyl groups is 1. The summed E-state index contributed by atoms with van der Waals surface area (Å²) in [5.74, 6) is 2.42. The molecule has 6 nitrogen and oxygen atoms in total. The maximum atomic E-state index is 12.8. The molecule has 0 amide bonds. The molecule has 33 heavy (non-hydrogen) atoms. The maximum Gasteiger partial charge on any atom is 0.174 e. The van der Waals surface area contributed by atoms with Gasteiger partial charge in [0.15, 0.2) is 5.78 Å². The molecule has 0 radical (unpaired) electrons. The van der Waals surface area contributed by atoms with Gasteiger partial charge in [0.2, 0.25) is 0 Å². The highest BCUT2D eigenvalue weighted by Gasteiger charge is 2.31. The van der Waals surface area contributed by atoms with Crippen LogP contribution >= 0.6 is 0 Å². The predicted octanol–water partition coefficient (Wildman–Crippen LogP) is 5.72. The van der Waals surface area contributed by atoms with E-state index in [1.807, 2.05) is 48.5 Å². The molecule has 0 fully saturated rings. The molecule has 0 aromatic heterocycles. The summed E-state index contributed by atoms with van der Waals surface area (Å²) in [4.78, 5) is 12.8. The largest absolute Gasteiger partial charge is 0.507 e. The molecule has 6 heteroatoms. The third-order valence-electron chi connectivity index (χ3n) is 5.37. The van der Waals surface area contributed by atoms with Crippen molar-refractivity contribution in [1.29, 1.82) is 0 Å². The number of benzene rings is 3. The summed E-state index contributed by atoms with van der Waals surface area (Å²) in [6.07, 6.45) is -0.292. The Bertz CT molecular complexity index is 1100. The van der Waals surface area contributed by atoms with Crippen LogP contribution in [-0.2, 0) is 6.61 Å². The van der Waals surface area contributed by atoms with E-state index in [1.165, 1.54) is 6.07 Å². The van der Waals surface area contributed by atoms with E-state index >= 15 is 0 Å². The highest BCUT2D eigenvalue weighted by atomic mass is 16.5. The molecule has 0 saturated carbocycles. The molecule has 1 N–H and O–H groups in total. The summed E-state index contributed by atoms with van der Waals surface area (Å²) in [5.41, 5.74) is 2.01. The average molecular weight is 449 g/mol. The molecular formula is C27H28O6. The van der Waals surface area contributed by atoms with E-state index in [9.17, 15) is 9.90 Å². The van der Waals surface area contributed by atoms with Crippen molar-refractivity contribution in [3.05, 3.63) is 77.4 Å².